The number of piperidine rings is 1. The molecule has 0 radical (unpaired) electrons. The number of hydrogen-bond acceptors (Lipinski definition) is 4. The lowest BCUT2D eigenvalue weighted by Crippen LogP contribution is -2.46. The summed E-state index contributed by atoms with van der Waals surface area (Å²) in [5, 5.41) is 0. The number of para-hydroxylation sites is 1. The summed E-state index contributed by atoms with van der Waals surface area (Å²) in [6.07, 6.45) is 3.59. The van der Waals surface area contributed by atoms with Gasteiger partial charge in [0, 0.05) is 6.04 Å². The van der Waals surface area contributed by atoms with Gasteiger partial charge in [-0.15, -0.1) is 0 Å². The summed E-state index contributed by atoms with van der Waals surface area (Å²) in [6.45, 7) is 2.48. The Labute approximate surface area is 142 Å². The minimum Gasteiger partial charge on any atom is -0.496 e. The molecule has 0 bridgehead atoms. The Morgan fingerprint density at radius 3 is 2.67 bits per heavy atom. The van der Waals surface area contributed by atoms with E-state index in [0.29, 0.717) is 17.9 Å². The second kappa shape index (κ2) is 7.53. The number of benzene rings is 1. The van der Waals surface area contributed by atoms with Crippen LogP contribution in [0.2, 0.25) is 0 Å². The summed E-state index contributed by atoms with van der Waals surface area (Å²) in [4.78, 5) is 17.5. The fraction of sp³-hybridized carbons (Fsp3) is 0.421. The number of furan rings is 1. The number of likely N-dealkylation sites (tertiary alicyclic amines) is 1. The van der Waals surface area contributed by atoms with E-state index in [1.807, 2.05) is 41.3 Å². The maximum Gasteiger partial charge on any atom is 0.258 e. The fourth-order valence-electron chi connectivity index (χ4n) is 3.22. The molecular formula is C19H24N2O3. The molecule has 1 aliphatic heterocycles. The average Bonchev–Trinajstić information content (AvgIpc) is 3.13. The average molecular weight is 328 g/mol. The summed E-state index contributed by atoms with van der Waals surface area (Å²) in [6, 6.07) is 11.4. The molecule has 5 heteroatoms. The van der Waals surface area contributed by atoms with Crippen molar-refractivity contribution in [1.82, 2.24) is 9.80 Å². The maximum atomic E-state index is 13.2. The maximum absolute atomic E-state index is 13.2. The number of methoxy groups -OCH3 is 1. The Hall–Kier alpha value is -2.27. The first-order chi connectivity index (χ1) is 11.7. The molecule has 0 spiro atoms. The van der Waals surface area contributed by atoms with Crippen LogP contribution in [0.4, 0.5) is 0 Å². The standard InChI is InChI=1S/C19H24N2O3/c1-20-11-9-15(10-12-20)21(14-16-6-5-13-24-16)19(22)17-7-3-4-8-18(17)23-2/h3-8,13,15H,9-12,14H2,1-2H3. The van der Waals surface area contributed by atoms with Crippen molar-refractivity contribution >= 4 is 5.91 Å². The first-order valence-electron chi connectivity index (χ1n) is 8.34. The molecule has 1 saturated heterocycles. The van der Waals surface area contributed by atoms with Crippen molar-refractivity contribution in [3.63, 3.8) is 0 Å². The number of rotatable bonds is 5. The van der Waals surface area contributed by atoms with Crippen LogP contribution in [0.1, 0.15) is 29.0 Å². The molecule has 3 rings (SSSR count). The van der Waals surface area contributed by atoms with Gasteiger partial charge in [-0.05, 0) is 57.2 Å². The van der Waals surface area contributed by atoms with Crippen LogP contribution in [-0.2, 0) is 6.54 Å². The molecule has 2 heterocycles. The van der Waals surface area contributed by atoms with Gasteiger partial charge >= 0.3 is 0 Å². The first kappa shape index (κ1) is 16.6. The van der Waals surface area contributed by atoms with E-state index in [-0.39, 0.29) is 11.9 Å². The van der Waals surface area contributed by atoms with Crippen molar-refractivity contribution in [1.29, 1.82) is 0 Å². The number of hydrogen-bond donors (Lipinski definition) is 0. The summed E-state index contributed by atoms with van der Waals surface area (Å²) in [5.74, 6) is 1.41. The molecule has 0 N–H and O–H groups in total. The van der Waals surface area contributed by atoms with Gasteiger partial charge in [0.1, 0.15) is 11.5 Å². The van der Waals surface area contributed by atoms with Gasteiger partial charge in [-0.1, -0.05) is 12.1 Å². The van der Waals surface area contributed by atoms with Crippen LogP contribution >= 0.6 is 0 Å². The lowest BCUT2D eigenvalue weighted by atomic mass is 10.0. The predicted molar refractivity (Wildman–Crippen MR) is 92.1 cm³/mol. The van der Waals surface area contributed by atoms with Gasteiger partial charge in [0.2, 0.25) is 0 Å². The van der Waals surface area contributed by atoms with Crippen molar-refractivity contribution in [2.45, 2.75) is 25.4 Å². The Balaban J connectivity index is 1.86. The van der Waals surface area contributed by atoms with Gasteiger partial charge in [-0.3, -0.25) is 4.79 Å². The van der Waals surface area contributed by atoms with Crippen LogP contribution in [0, 0.1) is 0 Å². The van der Waals surface area contributed by atoms with Crippen LogP contribution < -0.4 is 4.74 Å². The van der Waals surface area contributed by atoms with Crippen molar-refractivity contribution in [2.24, 2.45) is 0 Å². The second-order valence-electron chi connectivity index (χ2n) is 6.25. The number of carbonyl (C=O) groups is 1. The van der Waals surface area contributed by atoms with E-state index in [2.05, 4.69) is 11.9 Å². The molecule has 1 fully saturated rings. The summed E-state index contributed by atoms with van der Waals surface area (Å²) in [7, 11) is 3.72. The van der Waals surface area contributed by atoms with Crippen LogP contribution in [0.15, 0.2) is 47.1 Å². The SMILES string of the molecule is COc1ccccc1C(=O)N(Cc1ccco1)C1CCN(C)CC1. The van der Waals surface area contributed by atoms with E-state index >= 15 is 0 Å². The third kappa shape index (κ3) is 3.62. The van der Waals surface area contributed by atoms with Gasteiger partial charge < -0.3 is 19.0 Å². The number of ether oxygens (including phenoxy) is 1. The van der Waals surface area contributed by atoms with Crippen molar-refractivity contribution in [3.05, 3.63) is 54.0 Å². The molecule has 2 aromatic rings. The predicted octanol–water partition coefficient (Wildman–Crippen LogP) is 3.02. The van der Waals surface area contributed by atoms with E-state index in [4.69, 9.17) is 9.15 Å². The first-order valence-corrected chi connectivity index (χ1v) is 8.34. The second-order valence-corrected chi connectivity index (χ2v) is 6.25. The third-order valence-electron chi connectivity index (χ3n) is 4.63. The van der Waals surface area contributed by atoms with Crippen LogP contribution in [0.5, 0.6) is 5.75 Å². The molecule has 128 valence electrons. The molecule has 1 amide bonds. The number of carbonyl (C=O) groups excluding carboxylic acids is 1. The summed E-state index contributed by atoms with van der Waals surface area (Å²) >= 11 is 0. The number of amides is 1. The number of nitrogens with zero attached hydrogens (tertiary/aromatic N) is 2. The zero-order valence-electron chi connectivity index (χ0n) is 14.3. The highest BCUT2D eigenvalue weighted by Crippen LogP contribution is 2.25. The third-order valence-corrected chi connectivity index (χ3v) is 4.63. The van der Waals surface area contributed by atoms with Gasteiger partial charge in [0.05, 0.1) is 25.5 Å². The normalized spacial score (nSPS) is 16.1. The molecule has 0 saturated carbocycles. The van der Waals surface area contributed by atoms with Gasteiger partial charge in [-0.2, -0.15) is 0 Å². The zero-order valence-corrected chi connectivity index (χ0v) is 14.3. The van der Waals surface area contributed by atoms with E-state index in [0.717, 1.165) is 31.7 Å². The summed E-state index contributed by atoms with van der Waals surface area (Å²) in [5.41, 5.74) is 0.602. The molecule has 1 aromatic carbocycles. The largest absolute Gasteiger partial charge is 0.496 e. The lowest BCUT2D eigenvalue weighted by Gasteiger charge is -2.37. The Bertz CT molecular complexity index is 661. The van der Waals surface area contributed by atoms with E-state index in [1.54, 1.807) is 13.4 Å². The Morgan fingerprint density at radius 1 is 1.25 bits per heavy atom. The van der Waals surface area contributed by atoms with Gasteiger partial charge in [-0.25, -0.2) is 0 Å². The van der Waals surface area contributed by atoms with Crippen LogP contribution in [-0.4, -0.2) is 49.0 Å². The smallest absolute Gasteiger partial charge is 0.258 e. The van der Waals surface area contributed by atoms with Crippen molar-refractivity contribution in [3.8, 4) is 5.75 Å². The highest BCUT2D eigenvalue weighted by atomic mass is 16.5. The molecular weight excluding hydrogens is 304 g/mol. The van der Waals surface area contributed by atoms with E-state index in [9.17, 15) is 4.79 Å². The molecule has 1 aliphatic rings. The van der Waals surface area contributed by atoms with Crippen LogP contribution in [0.3, 0.4) is 0 Å². The Kier molecular flexibility index (Phi) is 5.20. The molecule has 24 heavy (non-hydrogen) atoms. The zero-order chi connectivity index (χ0) is 16.9. The van der Waals surface area contributed by atoms with E-state index < -0.39 is 0 Å². The summed E-state index contributed by atoms with van der Waals surface area (Å²) < 4.78 is 10.9. The Morgan fingerprint density at radius 2 is 2.00 bits per heavy atom. The minimum absolute atomic E-state index is 0.00148. The monoisotopic (exact) mass is 328 g/mol. The quantitative estimate of drug-likeness (QED) is 0.846. The molecule has 5 nitrogen and oxygen atoms in total. The van der Waals surface area contributed by atoms with Crippen molar-refractivity contribution in [2.75, 3.05) is 27.2 Å². The lowest BCUT2D eigenvalue weighted by molar-refractivity contribution is 0.0547. The molecule has 1 aromatic heterocycles. The van der Waals surface area contributed by atoms with Crippen LogP contribution in [0.25, 0.3) is 0 Å². The fourth-order valence-corrected chi connectivity index (χ4v) is 3.22. The topological polar surface area (TPSA) is 45.9 Å². The minimum atomic E-state index is -0.00148. The van der Waals surface area contributed by atoms with Gasteiger partial charge in [0.25, 0.3) is 5.91 Å². The highest BCUT2D eigenvalue weighted by molar-refractivity contribution is 5.97. The van der Waals surface area contributed by atoms with E-state index in [1.165, 1.54) is 0 Å². The molecule has 0 aliphatic carbocycles. The molecule has 0 atom stereocenters. The molecule has 0 unspecified atom stereocenters. The van der Waals surface area contributed by atoms with Gasteiger partial charge in [0.15, 0.2) is 0 Å². The highest BCUT2D eigenvalue weighted by Gasteiger charge is 2.29. The van der Waals surface area contributed by atoms with Crippen molar-refractivity contribution < 1.29 is 13.9 Å².